The summed E-state index contributed by atoms with van der Waals surface area (Å²) in [6.45, 7) is 4.27. The van der Waals surface area contributed by atoms with Crippen molar-refractivity contribution >= 4 is 28.6 Å². The highest BCUT2D eigenvalue weighted by Gasteiger charge is 2.29. The lowest BCUT2D eigenvalue weighted by molar-refractivity contribution is -0.124. The van der Waals surface area contributed by atoms with Crippen molar-refractivity contribution < 1.29 is 9.59 Å². The van der Waals surface area contributed by atoms with E-state index in [1.807, 2.05) is 26.0 Å². The summed E-state index contributed by atoms with van der Waals surface area (Å²) in [7, 11) is 0. The number of hydrogen-bond donors (Lipinski definition) is 1. The lowest BCUT2D eigenvalue weighted by Crippen LogP contribution is -2.33. The molecule has 0 saturated carbocycles. The third-order valence-electron chi connectivity index (χ3n) is 2.65. The Bertz CT molecular complexity index is 458. The first-order valence-corrected chi connectivity index (χ1v) is 6.35. The largest absolute Gasteiger partial charge is 0.367 e. The lowest BCUT2D eigenvalue weighted by Gasteiger charge is -2.16. The van der Waals surface area contributed by atoms with E-state index in [4.69, 9.17) is 0 Å². The first-order valence-electron chi connectivity index (χ1n) is 5.36. The molecule has 1 saturated heterocycles. The highest BCUT2D eigenvalue weighted by atomic mass is 32.2. The minimum absolute atomic E-state index is 0.128. The molecule has 1 heterocycles. The lowest BCUT2D eigenvalue weighted by atomic mass is 10.1. The van der Waals surface area contributed by atoms with Gasteiger partial charge in [-0.2, -0.15) is 0 Å². The zero-order valence-electron chi connectivity index (χ0n) is 9.82. The molecular weight excluding hydrogens is 236 g/mol. The van der Waals surface area contributed by atoms with Gasteiger partial charge >= 0.3 is 0 Å². The van der Waals surface area contributed by atoms with Gasteiger partial charge < -0.3 is 5.32 Å². The Morgan fingerprint density at radius 1 is 1.35 bits per heavy atom. The topological polar surface area (TPSA) is 49.4 Å². The van der Waals surface area contributed by atoms with E-state index in [0.29, 0.717) is 0 Å². The molecule has 0 atom stereocenters. The monoisotopic (exact) mass is 250 g/mol. The fraction of sp³-hybridized carbons (Fsp3) is 0.333. The second kappa shape index (κ2) is 4.79. The Kier molecular flexibility index (Phi) is 3.38. The summed E-state index contributed by atoms with van der Waals surface area (Å²) < 4.78 is 0. The van der Waals surface area contributed by atoms with Crippen molar-refractivity contribution in [3.63, 3.8) is 0 Å². The molecule has 1 aliphatic rings. The maximum Gasteiger partial charge on any atom is 0.290 e. The molecule has 1 N–H and O–H groups in total. The molecule has 0 aromatic heterocycles. The third kappa shape index (κ3) is 2.61. The Morgan fingerprint density at radius 2 is 2.12 bits per heavy atom. The predicted octanol–water partition coefficient (Wildman–Crippen LogP) is 2.37. The Labute approximate surface area is 104 Å². The van der Waals surface area contributed by atoms with Crippen molar-refractivity contribution in [2.45, 2.75) is 13.8 Å². The first-order chi connectivity index (χ1) is 8.08. The van der Waals surface area contributed by atoms with Gasteiger partial charge in [0.15, 0.2) is 0 Å². The number of hydrogen-bond acceptors (Lipinski definition) is 4. The maximum atomic E-state index is 11.4. The predicted molar refractivity (Wildman–Crippen MR) is 69.1 cm³/mol. The average Bonchev–Trinajstić information content (AvgIpc) is 2.58. The van der Waals surface area contributed by atoms with E-state index in [2.05, 4.69) is 11.4 Å². The molecular formula is C12H14N2O2S. The van der Waals surface area contributed by atoms with Gasteiger partial charge in [-0.1, -0.05) is 29.5 Å². The van der Waals surface area contributed by atoms with Gasteiger partial charge in [0.25, 0.3) is 5.24 Å². The van der Waals surface area contributed by atoms with Crippen molar-refractivity contribution in [3.05, 3.63) is 29.3 Å². The molecule has 2 rings (SSSR count). The van der Waals surface area contributed by atoms with Crippen LogP contribution in [0.3, 0.4) is 0 Å². The Balaban J connectivity index is 2.02. The van der Waals surface area contributed by atoms with Crippen molar-refractivity contribution in [2.24, 2.45) is 0 Å². The molecule has 0 radical (unpaired) electrons. The molecule has 17 heavy (non-hydrogen) atoms. The van der Waals surface area contributed by atoms with Crippen LogP contribution in [0.25, 0.3) is 0 Å². The van der Waals surface area contributed by atoms with Gasteiger partial charge in [0.2, 0.25) is 5.91 Å². The van der Waals surface area contributed by atoms with Crippen LogP contribution in [0.1, 0.15) is 11.1 Å². The Morgan fingerprint density at radius 3 is 2.71 bits per heavy atom. The fourth-order valence-corrected chi connectivity index (χ4v) is 2.44. The number of carbonyl (C=O) groups excluding carboxylic acids is 2. The van der Waals surface area contributed by atoms with Crippen LogP contribution >= 0.6 is 11.8 Å². The number of nitrogens with one attached hydrogen (secondary N) is 1. The number of benzene rings is 1. The number of thioether (sulfide) groups is 1. The molecule has 1 aliphatic heterocycles. The molecule has 2 amide bonds. The van der Waals surface area contributed by atoms with E-state index in [1.54, 1.807) is 0 Å². The van der Waals surface area contributed by atoms with E-state index >= 15 is 0 Å². The molecule has 0 spiro atoms. The second-order valence-electron chi connectivity index (χ2n) is 4.03. The molecule has 1 aromatic rings. The summed E-state index contributed by atoms with van der Waals surface area (Å²) in [4.78, 5) is 24.0. The van der Waals surface area contributed by atoms with Crippen LogP contribution < -0.4 is 5.32 Å². The first kappa shape index (κ1) is 12.0. The van der Waals surface area contributed by atoms with Crippen molar-refractivity contribution in [1.29, 1.82) is 0 Å². The summed E-state index contributed by atoms with van der Waals surface area (Å²) >= 11 is 1.05. The maximum absolute atomic E-state index is 11.4. The van der Waals surface area contributed by atoms with Crippen molar-refractivity contribution in [1.82, 2.24) is 4.90 Å². The van der Waals surface area contributed by atoms with E-state index in [-0.39, 0.29) is 23.6 Å². The van der Waals surface area contributed by atoms with E-state index in [9.17, 15) is 9.59 Å². The molecule has 1 aromatic carbocycles. The van der Waals surface area contributed by atoms with Gasteiger partial charge in [0.1, 0.15) is 0 Å². The average molecular weight is 250 g/mol. The van der Waals surface area contributed by atoms with Gasteiger partial charge in [-0.25, -0.2) is 0 Å². The van der Waals surface area contributed by atoms with E-state index in [1.165, 1.54) is 10.5 Å². The van der Waals surface area contributed by atoms with Gasteiger partial charge in [0, 0.05) is 5.69 Å². The van der Waals surface area contributed by atoms with Crippen LogP contribution in [0.4, 0.5) is 10.5 Å². The van der Waals surface area contributed by atoms with Gasteiger partial charge in [-0.3, -0.25) is 14.5 Å². The van der Waals surface area contributed by atoms with Crippen molar-refractivity contribution in [3.8, 4) is 0 Å². The summed E-state index contributed by atoms with van der Waals surface area (Å²) in [5, 5.41) is 2.94. The van der Waals surface area contributed by atoms with Gasteiger partial charge in [-0.05, 0) is 25.5 Å². The second-order valence-corrected chi connectivity index (χ2v) is 4.96. The number of aryl methyl sites for hydroxylation is 2. The summed E-state index contributed by atoms with van der Waals surface area (Å²) in [6.07, 6.45) is 0. The number of anilines is 1. The van der Waals surface area contributed by atoms with Crippen molar-refractivity contribution in [2.75, 3.05) is 17.7 Å². The third-order valence-corrected chi connectivity index (χ3v) is 3.51. The molecule has 0 bridgehead atoms. The molecule has 5 heteroatoms. The van der Waals surface area contributed by atoms with Crippen LogP contribution in [-0.4, -0.2) is 28.5 Å². The number of imide groups is 1. The van der Waals surface area contributed by atoms with Crippen LogP contribution in [0, 0.1) is 13.8 Å². The highest BCUT2D eigenvalue weighted by Crippen LogP contribution is 2.20. The molecule has 0 aliphatic carbocycles. The van der Waals surface area contributed by atoms with Crippen LogP contribution in [0.15, 0.2) is 18.2 Å². The standard InChI is InChI=1S/C12H14N2O2S/c1-8-3-4-10(9(2)5-8)13-7-14-11(15)6-17-12(14)16/h3-5,13H,6-7H2,1-2H3. The fourth-order valence-electron chi connectivity index (χ4n) is 1.71. The SMILES string of the molecule is Cc1ccc(NCN2C(=O)CSC2=O)c(C)c1. The smallest absolute Gasteiger partial charge is 0.290 e. The summed E-state index contributed by atoms with van der Waals surface area (Å²) in [5.41, 5.74) is 3.25. The van der Waals surface area contributed by atoms with Crippen LogP contribution in [0.2, 0.25) is 0 Å². The van der Waals surface area contributed by atoms with Gasteiger partial charge in [-0.15, -0.1) is 0 Å². The number of carbonyl (C=O) groups is 2. The normalized spacial score (nSPS) is 15.5. The molecule has 1 fully saturated rings. The zero-order chi connectivity index (χ0) is 12.4. The number of amides is 2. The zero-order valence-corrected chi connectivity index (χ0v) is 10.6. The number of nitrogens with zero attached hydrogens (tertiary/aromatic N) is 1. The summed E-state index contributed by atoms with van der Waals surface area (Å²) in [6, 6.07) is 6.02. The van der Waals surface area contributed by atoms with Crippen LogP contribution in [-0.2, 0) is 4.79 Å². The molecule has 4 nitrogen and oxygen atoms in total. The summed E-state index contributed by atoms with van der Waals surface area (Å²) in [5.74, 6) is 0.130. The minimum atomic E-state index is -0.174. The van der Waals surface area contributed by atoms with Crippen LogP contribution in [0.5, 0.6) is 0 Å². The highest BCUT2D eigenvalue weighted by molar-refractivity contribution is 8.14. The molecule has 0 unspecified atom stereocenters. The van der Waals surface area contributed by atoms with E-state index in [0.717, 1.165) is 23.0 Å². The van der Waals surface area contributed by atoms with E-state index < -0.39 is 0 Å². The number of rotatable bonds is 3. The minimum Gasteiger partial charge on any atom is -0.367 e. The Hall–Kier alpha value is -1.49. The van der Waals surface area contributed by atoms with Gasteiger partial charge in [0.05, 0.1) is 12.4 Å². The quantitative estimate of drug-likeness (QED) is 0.894. The molecule has 90 valence electrons.